The number of ether oxygens (including phenoxy) is 1. The van der Waals surface area contributed by atoms with Gasteiger partial charge in [0.1, 0.15) is 6.10 Å². The quantitative estimate of drug-likeness (QED) is 0.333. The van der Waals surface area contributed by atoms with Gasteiger partial charge in [-0.3, -0.25) is 4.79 Å². The molecular formula is C27H29F3N2O3. The van der Waals surface area contributed by atoms with E-state index in [0.29, 0.717) is 18.5 Å². The van der Waals surface area contributed by atoms with E-state index in [2.05, 4.69) is 16.5 Å². The number of hydrogen-bond donors (Lipinski definition) is 2. The second-order valence-electron chi connectivity index (χ2n) is 10.00. The van der Waals surface area contributed by atoms with Crippen molar-refractivity contribution in [2.75, 3.05) is 6.54 Å². The number of cyclic esters (lactones) is 1. The summed E-state index contributed by atoms with van der Waals surface area (Å²) in [5.41, 5.74) is 2.31. The molecule has 0 bridgehead atoms. The second-order valence-corrected chi connectivity index (χ2v) is 10.00. The zero-order valence-electron chi connectivity index (χ0n) is 19.5. The Kier molecular flexibility index (Phi) is 6.23. The number of dihydropyridines is 1. The fourth-order valence-corrected chi connectivity index (χ4v) is 6.47. The number of nitrogens with one attached hydrogen (secondary N) is 1. The van der Waals surface area contributed by atoms with Gasteiger partial charge in [-0.1, -0.05) is 29.4 Å². The van der Waals surface area contributed by atoms with Crippen molar-refractivity contribution in [3.8, 4) is 0 Å². The molecule has 2 aliphatic heterocycles. The number of esters is 1. The van der Waals surface area contributed by atoms with Gasteiger partial charge in [-0.2, -0.15) is 13.2 Å². The van der Waals surface area contributed by atoms with Gasteiger partial charge in [0, 0.05) is 24.1 Å². The highest BCUT2D eigenvalue weighted by Crippen LogP contribution is 2.52. The molecule has 0 radical (unpaired) electrons. The van der Waals surface area contributed by atoms with Crippen molar-refractivity contribution < 1.29 is 27.9 Å². The number of carbonyl (C=O) groups is 1. The number of halogens is 3. The molecule has 2 saturated carbocycles. The van der Waals surface area contributed by atoms with Gasteiger partial charge in [-0.15, -0.1) is 0 Å². The summed E-state index contributed by atoms with van der Waals surface area (Å²) in [4.78, 5) is 12.5. The van der Waals surface area contributed by atoms with Gasteiger partial charge >= 0.3 is 12.1 Å². The van der Waals surface area contributed by atoms with Crippen molar-refractivity contribution in [3.63, 3.8) is 0 Å². The summed E-state index contributed by atoms with van der Waals surface area (Å²) < 4.78 is 44.8. The molecule has 0 amide bonds. The molecule has 5 rings (SSSR count). The molecule has 0 spiro atoms. The van der Waals surface area contributed by atoms with Crippen molar-refractivity contribution in [2.45, 2.75) is 44.9 Å². The Morgan fingerprint density at radius 1 is 1.23 bits per heavy atom. The van der Waals surface area contributed by atoms with Gasteiger partial charge in [0.25, 0.3) is 0 Å². The Morgan fingerprint density at radius 2 is 2.06 bits per heavy atom. The van der Waals surface area contributed by atoms with E-state index in [9.17, 15) is 23.2 Å². The molecule has 2 aliphatic carbocycles. The summed E-state index contributed by atoms with van der Waals surface area (Å²) in [6.45, 7) is 2.37. The zero-order chi connectivity index (χ0) is 24.7. The van der Waals surface area contributed by atoms with Crippen LogP contribution in [0.5, 0.6) is 0 Å². The predicted octanol–water partition coefficient (Wildman–Crippen LogP) is 5.58. The Labute approximate surface area is 202 Å². The van der Waals surface area contributed by atoms with E-state index in [1.165, 1.54) is 12.1 Å². The molecule has 1 unspecified atom stereocenters. The summed E-state index contributed by atoms with van der Waals surface area (Å²) in [5, 5.41) is 16.4. The number of benzene rings is 1. The minimum atomic E-state index is -4.37. The molecule has 1 aromatic carbocycles. The van der Waals surface area contributed by atoms with Crippen LogP contribution >= 0.6 is 0 Å². The molecule has 2 heterocycles. The van der Waals surface area contributed by atoms with Crippen LogP contribution in [-0.4, -0.2) is 29.5 Å². The third-order valence-corrected chi connectivity index (χ3v) is 8.11. The topological polar surface area (TPSA) is 70.9 Å². The average molecular weight is 487 g/mol. The number of carbonyl (C=O) groups excluding carboxylic acids is 1. The molecule has 6 atom stereocenters. The third kappa shape index (κ3) is 4.50. The first-order chi connectivity index (χ1) is 16.8. The van der Waals surface area contributed by atoms with Crippen LogP contribution in [0.3, 0.4) is 0 Å². The van der Waals surface area contributed by atoms with Crippen LogP contribution in [0, 0.1) is 29.6 Å². The fourth-order valence-electron chi connectivity index (χ4n) is 6.47. The predicted molar refractivity (Wildman–Crippen MR) is 125 cm³/mol. The summed E-state index contributed by atoms with van der Waals surface area (Å²) in [6.07, 6.45) is 6.72. The van der Waals surface area contributed by atoms with Crippen molar-refractivity contribution in [1.29, 1.82) is 0 Å². The SMILES string of the molecule is C[C@H]1OC(=O)[C@@H]2C[C@@H]3/C(=N\O)CCCC3[C@H](/C=C/C3=CC=C(c4cccc(C(F)(F)F)c4)CN3)[C@H]12. The zero-order valence-corrected chi connectivity index (χ0v) is 19.5. The Hall–Kier alpha value is -3.03. The van der Waals surface area contributed by atoms with Crippen LogP contribution in [0.25, 0.3) is 5.57 Å². The van der Waals surface area contributed by atoms with E-state index < -0.39 is 11.7 Å². The van der Waals surface area contributed by atoms with Crippen LogP contribution < -0.4 is 5.32 Å². The molecule has 2 N–H and O–H groups in total. The molecule has 8 heteroatoms. The van der Waals surface area contributed by atoms with Crippen molar-refractivity contribution in [1.82, 2.24) is 5.32 Å². The standard InChI is InChI=1S/C27H29F3N2O3/c1-15-25-21(20-6-3-7-24(32-34)22(20)13-23(25)26(33)35-15)11-10-19-9-8-17(14-31-19)16-4-2-5-18(12-16)27(28,29)30/h2,4-5,8-12,15,20-23,25,31,34H,3,6-7,13-14H2,1H3/b11-10+,32-24-/t15-,20?,21+,22+,23-,25+/m1/s1. The monoisotopic (exact) mass is 486 g/mol. The summed E-state index contributed by atoms with van der Waals surface area (Å²) in [5.74, 6) is 0.183. The lowest BCUT2D eigenvalue weighted by molar-refractivity contribution is -0.144. The first-order valence-electron chi connectivity index (χ1n) is 12.2. The maximum absolute atomic E-state index is 13.1. The molecular weight excluding hydrogens is 457 g/mol. The number of alkyl halides is 3. The molecule has 1 aromatic rings. The maximum atomic E-state index is 13.1. The van der Waals surface area contributed by atoms with E-state index in [-0.39, 0.29) is 41.7 Å². The third-order valence-electron chi connectivity index (χ3n) is 8.11. The van der Waals surface area contributed by atoms with Crippen LogP contribution in [0.4, 0.5) is 13.2 Å². The average Bonchev–Trinajstić information content (AvgIpc) is 3.14. The highest BCUT2D eigenvalue weighted by Gasteiger charge is 2.55. The van der Waals surface area contributed by atoms with Gasteiger partial charge < -0.3 is 15.3 Å². The van der Waals surface area contributed by atoms with E-state index in [4.69, 9.17) is 4.74 Å². The van der Waals surface area contributed by atoms with Gasteiger partial charge in [-0.05, 0) is 79.9 Å². The number of allylic oxidation sites excluding steroid dienone is 4. The smallest absolute Gasteiger partial charge is 0.416 e. The molecule has 186 valence electrons. The number of oxime groups is 1. The molecule has 0 aromatic heterocycles. The van der Waals surface area contributed by atoms with Gasteiger partial charge in [0.15, 0.2) is 0 Å². The summed E-state index contributed by atoms with van der Waals surface area (Å²) >= 11 is 0. The first-order valence-corrected chi connectivity index (χ1v) is 12.2. The van der Waals surface area contributed by atoms with Crippen molar-refractivity contribution >= 4 is 17.3 Å². The number of hydrogen-bond acceptors (Lipinski definition) is 5. The Bertz CT molecular complexity index is 1120. The maximum Gasteiger partial charge on any atom is 0.416 e. The Morgan fingerprint density at radius 3 is 2.77 bits per heavy atom. The van der Waals surface area contributed by atoms with E-state index in [0.717, 1.165) is 42.3 Å². The van der Waals surface area contributed by atoms with Gasteiger partial charge in [0.05, 0.1) is 17.2 Å². The summed E-state index contributed by atoms with van der Waals surface area (Å²) in [7, 11) is 0. The van der Waals surface area contributed by atoms with Gasteiger partial charge in [-0.25, -0.2) is 0 Å². The fraction of sp³-hybridized carbons (Fsp3) is 0.481. The minimum Gasteiger partial charge on any atom is -0.462 e. The lowest BCUT2D eigenvalue weighted by Crippen LogP contribution is -2.46. The lowest BCUT2D eigenvalue weighted by atomic mass is 9.57. The molecule has 3 fully saturated rings. The van der Waals surface area contributed by atoms with Crippen molar-refractivity contribution in [2.24, 2.45) is 34.7 Å². The summed E-state index contributed by atoms with van der Waals surface area (Å²) in [6, 6.07) is 5.36. The largest absolute Gasteiger partial charge is 0.462 e. The number of nitrogens with zero attached hydrogens (tertiary/aromatic N) is 1. The molecule has 35 heavy (non-hydrogen) atoms. The minimum absolute atomic E-state index is 0.0724. The molecule has 1 saturated heterocycles. The van der Waals surface area contributed by atoms with E-state index >= 15 is 0 Å². The number of fused-ring (bicyclic) bond motifs is 2. The second kappa shape index (κ2) is 9.21. The Balaban J connectivity index is 1.39. The number of rotatable bonds is 3. The van der Waals surface area contributed by atoms with Crippen LogP contribution in [-0.2, 0) is 15.7 Å². The highest BCUT2D eigenvalue weighted by molar-refractivity contribution is 5.88. The van der Waals surface area contributed by atoms with Crippen molar-refractivity contribution in [3.05, 3.63) is 65.4 Å². The van der Waals surface area contributed by atoms with E-state index in [1.54, 1.807) is 6.07 Å². The van der Waals surface area contributed by atoms with Gasteiger partial charge in [0.2, 0.25) is 0 Å². The molecule has 5 nitrogen and oxygen atoms in total. The van der Waals surface area contributed by atoms with E-state index in [1.807, 2.05) is 25.2 Å². The van der Waals surface area contributed by atoms with Crippen LogP contribution in [0.2, 0.25) is 0 Å². The highest BCUT2D eigenvalue weighted by atomic mass is 19.4. The van der Waals surface area contributed by atoms with Crippen LogP contribution in [0.1, 0.15) is 43.7 Å². The lowest BCUT2D eigenvalue weighted by Gasteiger charge is -2.45. The van der Waals surface area contributed by atoms with Crippen LogP contribution in [0.15, 0.2) is 59.4 Å². The normalized spacial score (nSPS) is 34.1. The molecule has 4 aliphatic rings. The first kappa shape index (κ1) is 23.7.